The molecule has 5 heteroatoms. The number of hydrogen-bond acceptors (Lipinski definition) is 4. The quantitative estimate of drug-likeness (QED) is 0.854. The van der Waals surface area contributed by atoms with E-state index in [1.165, 1.54) is 6.26 Å². The van der Waals surface area contributed by atoms with E-state index in [1.54, 1.807) is 20.1 Å². The molecule has 0 saturated carbocycles. The van der Waals surface area contributed by atoms with Crippen LogP contribution in [0.25, 0.3) is 0 Å². The van der Waals surface area contributed by atoms with E-state index < -0.39 is 0 Å². The van der Waals surface area contributed by atoms with Gasteiger partial charge in [-0.3, -0.25) is 4.79 Å². The van der Waals surface area contributed by atoms with Gasteiger partial charge in [-0.25, -0.2) is 0 Å². The molecule has 1 aromatic carbocycles. The molecule has 1 aromatic heterocycles. The highest BCUT2D eigenvalue weighted by atomic mass is 16.5. The molecule has 2 rings (SSSR count). The van der Waals surface area contributed by atoms with Crippen LogP contribution in [0.3, 0.4) is 0 Å². The Balaban J connectivity index is 2.10. The van der Waals surface area contributed by atoms with Crippen LogP contribution in [-0.2, 0) is 4.74 Å². The Kier molecular flexibility index (Phi) is 5.61. The minimum atomic E-state index is -0.233. The zero-order valence-corrected chi connectivity index (χ0v) is 13.1. The molecule has 22 heavy (non-hydrogen) atoms. The molecule has 0 radical (unpaired) electrons. The maximum atomic E-state index is 12.2. The lowest BCUT2D eigenvalue weighted by atomic mass is 10.1. The fourth-order valence-electron chi connectivity index (χ4n) is 2.16. The van der Waals surface area contributed by atoms with E-state index >= 15 is 0 Å². The van der Waals surface area contributed by atoms with Gasteiger partial charge in [0.2, 0.25) is 0 Å². The first-order chi connectivity index (χ1) is 10.6. The molecule has 0 aliphatic heterocycles. The summed E-state index contributed by atoms with van der Waals surface area (Å²) in [5.41, 5.74) is 1.46. The van der Waals surface area contributed by atoms with Gasteiger partial charge in [-0.2, -0.15) is 0 Å². The lowest BCUT2D eigenvalue weighted by Gasteiger charge is -2.18. The largest absolute Gasteiger partial charge is 0.494 e. The van der Waals surface area contributed by atoms with Crippen molar-refractivity contribution < 1.29 is 18.7 Å². The Bertz CT molecular complexity index is 603. The van der Waals surface area contributed by atoms with Gasteiger partial charge in [0.25, 0.3) is 5.91 Å². The van der Waals surface area contributed by atoms with Crippen LogP contribution >= 0.6 is 0 Å². The first-order valence-corrected chi connectivity index (χ1v) is 7.21. The Morgan fingerprint density at radius 1 is 1.32 bits per heavy atom. The predicted octanol–water partition coefficient (Wildman–Crippen LogP) is 3.10. The van der Waals surface area contributed by atoms with Crippen molar-refractivity contribution in [3.05, 3.63) is 53.5 Å². The maximum absolute atomic E-state index is 12.2. The van der Waals surface area contributed by atoms with Gasteiger partial charge in [-0.1, -0.05) is 12.1 Å². The highest BCUT2D eigenvalue weighted by molar-refractivity contribution is 5.94. The van der Waals surface area contributed by atoms with E-state index in [1.807, 2.05) is 31.2 Å². The summed E-state index contributed by atoms with van der Waals surface area (Å²) < 4.78 is 15.8. The number of ether oxygens (including phenoxy) is 2. The highest BCUT2D eigenvalue weighted by Crippen LogP contribution is 2.19. The number of methoxy groups -OCH3 is 1. The smallest absolute Gasteiger partial charge is 0.255 e. The van der Waals surface area contributed by atoms with E-state index in [4.69, 9.17) is 13.9 Å². The third-order valence-electron chi connectivity index (χ3n) is 3.22. The van der Waals surface area contributed by atoms with Crippen LogP contribution in [-0.4, -0.2) is 26.2 Å². The lowest BCUT2D eigenvalue weighted by molar-refractivity contribution is 0.0896. The van der Waals surface area contributed by atoms with E-state index in [0.29, 0.717) is 24.5 Å². The number of nitrogens with one attached hydrogen (secondary N) is 1. The van der Waals surface area contributed by atoms with Crippen molar-refractivity contribution in [2.24, 2.45) is 0 Å². The zero-order valence-electron chi connectivity index (χ0n) is 13.1. The second-order valence-corrected chi connectivity index (χ2v) is 4.93. The number of furan rings is 1. The molecule has 1 amide bonds. The number of hydrogen-bond donors (Lipinski definition) is 1. The summed E-state index contributed by atoms with van der Waals surface area (Å²) in [6.07, 6.45) is 1.45. The van der Waals surface area contributed by atoms with E-state index in [0.717, 1.165) is 11.3 Å². The average molecular weight is 303 g/mol. The maximum Gasteiger partial charge on any atom is 0.255 e. The third kappa shape index (κ3) is 4.11. The van der Waals surface area contributed by atoms with Crippen LogP contribution in [0.1, 0.15) is 34.6 Å². The highest BCUT2D eigenvalue weighted by Gasteiger charge is 2.17. The summed E-state index contributed by atoms with van der Waals surface area (Å²) in [6.45, 7) is 4.75. The van der Waals surface area contributed by atoms with E-state index in [2.05, 4.69) is 5.32 Å². The summed E-state index contributed by atoms with van der Waals surface area (Å²) in [7, 11) is 1.61. The molecule has 0 aliphatic rings. The van der Waals surface area contributed by atoms with Gasteiger partial charge in [0.15, 0.2) is 0 Å². The fraction of sp³-hybridized carbons (Fsp3) is 0.353. The van der Waals surface area contributed by atoms with Crippen LogP contribution in [0.5, 0.6) is 5.75 Å². The normalized spacial score (nSPS) is 12.0. The summed E-state index contributed by atoms with van der Waals surface area (Å²) in [4.78, 5) is 12.2. The van der Waals surface area contributed by atoms with Crippen molar-refractivity contribution in [3.8, 4) is 5.75 Å². The van der Waals surface area contributed by atoms with Gasteiger partial charge in [0.05, 0.1) is 24.8 Å². The molecule has 0 aliphatic carbocycles. The molecule has 0 unspecified atom stereocenters. The monoisotopic (exact) mass is 303 g/mol. The first kappa shape index (κ1) is 16.1. The zero-order chi connectivity index (χ0) is 15.9. The number of carbonyl (C=O) groups is 1. The minimum absolute atomic E-state index is 0.187. The second-order valence-electron chi connectivity index (χ2n) is 4.93. The van der Waals surface area contributed by atoms with Gasteiger partial charge >= 0.3 is 0 Å². The van der Waals surface area contributed by atoms with Gasteiger partial charge < -0.3 is 19.2 Å². The molecular formula is C17H21NO4. The Morgan fingerprint density at radius 3 is 2.59 bits per heavy atom. The average Bonchev–Trinajstić information content (AvgIpc) is 2.95. The van der Waals surface area contributed by atoms with Crippen molar-refractivity contribution in [3.63, 3.8) is 0 Å². The third-order valence-corrected chi connectivity index (χ3v) is 3.22. The standard InChI is InChI=1S/C17H21NO4/c1-4-21-15-7-5-13(6-8-15)16(11-20-3)18-17(19)14-9-12(2)22-10-14/h5-10,16H,4,11H2,1-3H3,(H,18,19)/t16-/m0/s1. The summed E-state index contributed by atoms with van der Waals surface area (Å²) in [6, 6.07) is 9.09. The number of carbonyl (C=O) groups excluding carboxylic acids is 1. The molecule has 0 spiro atoms. The Morgan fingerprint density at radius 2 is 2.05 bits per heavy atom. The molecule has 5 nitrogen and oxygen atoms in total. The molecule has 118 valence electrons. The molecular weight excluding hydrogens is 282 g/mol. The van der Waals surface area contributed by atoms with E-state index in [-0.39, 0.29) is 11.9 Å². The number of amides is 1. The van der Waals surface area contributed by atoms with Gasteiger partial charge in [0.1, 0.15) is 17.8 Å². The van der Waals surface area contributed by atoms with Gasteiger partial charge in [-0.15, -0.1) is 0 Å². The van der Waals surface area contributed by atoms with Crippen molar-refractivity contribution >= 4 is 5.91 Å². The molecule has 0 fully saturated rings. The van der Waals surface area contributed by atoms with Crippen LogP contribution < -0.4 is 10.1 Å². The molecule has 1 heterocycles. The van der Waals surface area contributed by atoms with Gasteiger partial charge in [0, 0.05) is 7.11 Å². The van der Waals surface area contributed by atoms with Crippen LogP contribution in [0.4, 0.5) is 0 Å². The summed E-state index contributed by atoms with van der Waals surface area (Å²) in [5.74, 6) is 1.32. The van der Waals surface area contributed by atoms with Crippen molar-refractivity contribution in [1.29, 1.82) is 0 Å². The van der Waals surface area contributed by atoms with Crippen LogP contribution in [0.2, 0.25) is 0 Å². The molecule has 0 saturated heterocycles. The predicted molar refractivity (Wildman–Crippen MR) is 83.1 cm³/mol. The van der Waals surface area contributed by atoms with Crippen LogP contribution in [0, 0.1) is 6.92 Å². The number of aryl methyl sites for hydroxylation is 1. The first-order valence-electron chi connectivity index (χ1n) is 7.21. The Hall–Kier alpha value is -2.27. The summed E-state index contributed by atoms with van der Waals surface area (Å²) >= 11 is 0. The SMILES string of the molecule is CCOc1ccc([C@H](COC)NC(=O)c2coc(C)c2)cc1. The topological polar surface area (TPSA) is 60.7 Å². The molecule has 2 aromatic rings. The fourth-order valence-corrected chi connectivity index (χ4v) is 2.16. The second kappa shape index (κ2) is 7.66. The van der Waals surface area contributed by atoms with Crippen LogP contribution in [0.15, 0.2) is 41.0 Å². The van der Waals surface area contributed by atoms with E-state index in [9.17, 15) is 4.79 Å². The van der Waals surface area contributed by atoms with Gasteiger partial charge in [-0.05, 0) is 37.6 Å². The summed E-state index contributed by atoms with van der Waals surface area (Å²) in [5, 5.41) is 2.95. The Labute approximate surface area is 130 Å². The lowest BCUT2D eigenvalue weighted by Crippen LogP contribution is -2.31. The molecule has 0 bridgehead atoms. The minimum Gasteiger partial charge on any atom is -0.494 e. The molecule has 1 atom stereocenters. The number of rotatable bonds is 7. The number of benzene rings is 1. The molecule has 1 N–H and O–H groups in total. The van der Waals surface area contributed by atoms with Crippen molar-refractivity contribution in [2.75, 3.05) is 20.3 Å². The van der Waals surface area contributed by atoms with Crippen molar-refractivity contribution in [1.82, 2.24) is 5.32 Å². The van der Waals surface area contributed by atoms with Crippen molar-refractivity contribution in [2.45, 2.75) is 19.9 Å².